The number of hydrogen-bond acceptors (Lipinski definition) is 5. The average molecular weight is 325 g/mol. The standard InChI is InChI=1S/C11H9BrN4O3/c12-8-5-15(6-9(11(8)17)16(18)19)4-7-2-1-3-10(13)14-7/h1-3,5-6H,4H2,(H2,13,14). The lowest BCUT2D eigenvalue weighted by atomic mass is 10.3. The van der Waals surface area contributed by atoms with Crippen molar-refractivity contribution in [1.29, 1.82) is 0 Å². The number of pyridine rings is 2. The van der Waals surface area contributed by atoms with E-state index < -0.39 is 16.0 Å². The first-order valence-corrected chi connectivity index (χ1v) is 6.02. The van der Waals surface area contributed by atoms with Crippen LogP contribution in [-0.2, 0) is 6.54 Å². The molecule has 19 heavy (non-hydrogen) atoms. The molecule has 0 aliphatic heterocycles. The summed E-state index contributed by atoms with van der Waals surface area (Å²) in [6.45, 7) is 0.282. The molecule has 2 aromatic heterocycles. The van der Waals surface area contributed by atoms with Gasteiger partial charge in [-0.3, -0.25) is 14.9 Å². The number of nitrogen functional groups attached to an aromatic ring is 1. The molecule has 0 atom stereocenters. The topological polar surface area (TPSA) is 104 Å². The Hall–Kier alpha value is -2.22. The number of hydrogen-bond donors (Lipinski definition) is 1. The minimum absolute atomic E-state index is 0.130. The Labute approximate surface area is 116 Å². The quantitative estimate of drug-likeness (QED) is 0.681. The van der Waals surface area contributed by atoms with Gasteiger partial charge < -0.3 is 10.3 Å². The van der Waals surface area contributed by atoms with E-state index in [0.717, 1.165) is 0 Å². The van der Waals surface area contributed by atoms with Crippen LogP contribution in [0.1, 0.15) is 5.69 Å². The Morgan fingerprint density at radius 3 is 2.79 bits per heavy atom. The van der Waals surface area contributed by atoms with Crippen molar-refractivity contribution in [2.24, 2.45) is 0 Å². The highest BCUT2D eigenvalue weighted by atomic mass is 79.9. The lowest BCUT2D eigenvalue weighted by molar-refractivity contribution is -0.386. The maximum atomic E-state index is 11.5. The van der Waals surface area contributed by atoms with Gasteiger partial charge in [0.1, 0.15) is 5.82 Å². The van der Waals surface area contributed by atoms with E-state index in [1.807, 2.05) is 0 Å². The molecule has 0 aliphatic carbocycles. The van der Waals surface area contributed by atoms with E-state index in [-0.39, 0.29) is 11.0 Å². The maximum absolute atomic E-state index is 11.5. The number of nitro groups is 1. The molecule has 0 fully saturated rings. The molecule has 0 bridgehead atoms. The normalized spacial score (nSPS) is 10.4. The van der Waals surface area contributed by atoms with Crippen LogP contribution in [-0.4, -0.2) is 14.5 Å². The van der Waals surface area contributed by atoms with Crippen molar-refractivity contribution in [3.05, 3.63) is 61.1 Å². The van der Waals surface area contributed by atoms with Crippen LogP contribution in [0.3, 0.4) is 0 Å². The van der Waals surface area contributed by atoms with Crippen molar-refractivity contribution in [2.75, 3.05) is 5.73 Å². The second-order valence-corrected chi connectivity index (χ2v) is 4.66. The van der Waals surface area contributed by atoms with Gasteiger partial charge in [-0.1, -0.05) is 6.07 Å². The highest BCUT2D eigenvalue weighted by Crippen LogP contribution is 2.12. The molecule has 0 spiro atoms. The van der Waals surface area contributed by atoms with Gasteiger partial charge in [-0.25, -0.2) is 4.98 Å². The molecular formula is C11H9BrN4O3. The van der Waals surface area contributed by atoms with Gasteiger partial charge in [0.2, 0.25) is 0 Å². The van der Waals surface area contributed by atoms with Crippen LogP contribution in [0.5, 0.6) is 0 Å². The number of aromatic nitrogens is 2. The van der Waals surface area contributed by atoms with E-state index in [9.17, 15) is 14.9 Å². The molecule has 8 heteroatoms. The summed E-state index contributed by atoms with van der Waals surface area (Å²) in [5, 5.41) is 10.8. The number of anilines is 1. The highest BCUT2D eigenvalue weighted by molar-refractivity contribution is 9.10. The summed E-state index contributed by atoms with van der Waals surface area (Å²) in [5.41, 5.74) is 5.06. The number of rotatable bonds is 3. The third kappa shape index (κ3) is 2.97. The Kier molecular flexibility index (Phi) is 3.61. The van der Waals surface area contributed by atoms with Crippen molar-refractivity contribution < 1.29 is 4.92 Å². The van der Waals surface area contributed by atoms with Gasteiger partial charge in [0.05, 0.1) is 27.8 Å². The van der Waals surface area contributed by atoms with Gasteiger partial charge in [0, 0.05) is 6.20 Å². The Bertz CT molecular complexity index is 699. The second-order valence-electron chi connectivity index (χ2n) is 3.80. The number of nitrogens with two attached hydrogens (primary N) is 1. The molecule has 98 valence electrons. The zero-order valence-electron chi connectivity index (χ0n) is 9.62. The zero-order valence-corrected chi connectivity index (χ0v) is 11.2. The van der Waals surface area contributed by atoms with Crippen LogP contribution in [0.2, 0.25) is 0 Å². The molecule has 0 saturated carbocycles. The highest BCUT2D eigenvalue weighted by Gasteiger charge is 2.15. The molecule has 2 aromatic rings. The lowest BCUT2D eigenvalue weighted by Gasteiger charge is -2.07. The van der Waals surface area contributed by atoms with Crippen molar-refractivity contribution in [3.8, 4) is 0 Å². The van der Waals surface area contributed by atoms with Crippen LogP contribution in [0.25, 0.3) is 0 Å². The van der Waals surface area contributed by atoms with Crippen LogP contribution >= 0.6 is 15.9 Å². The molecule has 2 rings (SSSR count). The molecule has 0 radical (unpaired) electrons. The molecule has 0 aliphatic rings. The second kappa shape index (κ2) is 5.19. The van der Waals surface area contributed by atoms with Gasteiger partial charge in [-0.05, 0) is 28.1 Å². The Morgan fingerprint density at radius 1 is 1.42 bits per heavy atom. The van der Waals surface area contributed by atoms with Crippen molar-refractivity contribution in [2.45, 2.75) is 6.54 Å². The first-order valence-electron chi connectivity index (χ1n) is 5.23. The molecule has 7 nitrogen and oxygen atoms in total. The van der Waals surface area contributed by atoms with E-state index in [1.165, 1.54) is 17.0 Å². The number of nitrogens with zero attached hydrogens (tertiary/aromatic N) is 3. The third-order valence-corrected chi connectivity index (χ3v) is 2.95. The molecule has 0 unspecified atom stereocenters. The summed E-state index contributed by atoms with van der Waals surface area (Å²) in [6.07, 6.45) is 2.65. The smallest absolute Gasteiger partial charge is 0.333 e. The Morgan fingerprint density at radius 2 is 2.16 bits per heavy atom. The van der Waals surface area contributed by atoms with Crippen LogP contribution < -0.4 is 11.2 Å². The maximum Gasteiger partial charge on any atom is 0.333 e. The van der Waals surface area contributed by atoms with E-state index in [4.69, 9.17) is 5.73 Å². The monoisotopic (exact) mass is 324 g/mol. The van der Waals surface area contributed by atoms with Crippen molar-refractivity contribution >= 4 is 27.4 Å². The molecule has 2 N–H and O–H groups in total. The van der Waals surface area contributed by atoms with Gasteiger partial charge in [0.15, 0.2) is 0 Å². The summed E-state index contributed by atoms with van der Waals surface area (Å²) >= 11 is 3.01. The van der Waals surface area contributed by atoms with Gasteiger partial charge >= 0.3 is 5.69 Å². The first-order chi connectivity index (χ1) is 8.97. The summed E-state index contributed by atoms with van der Waals surface area (Å²) in [4.78, 5) is 25.7. The van der Waals surface area contributed by atoms with E-state index in [0.29, 0.717) is 11.5 Å². The van der Waals surface area contributed by atoms with Crippen molar-refractivity contribution in [1.82, 2.24) is 9.55 Å². The van der Waals surface area contributed by atoms with Crippen LogP contribution in [0.4, 0.5) is 11.5 Å². The van der Waals surface area contributed by atoms with E-state index >= 15 is 0 Å². The zero-order chi connectivity index (χ0) is 14.0. The van der Waals surface area contributed by atoms with Gasteiger partial charge in [-0.2, -0.15) is 0 Å². The van der Waals surface area contributed by atoms with Gasteiger partial charge in [0.25, 0.3) is 5.43 Å². The minimum atomic E-state index is -0.712. The van der Waals surface area contributed by atoms with Crippen LogP contribution in [0.15, 0.2) is 39.9 Å². The largest absolute Gasteiger partial charge is 0.384 e. The number of halogens is 1. The fourth-order valence-electron chi connectivity index (χ4n) is 1.57. The summed E-state index contributed by atoms with van der Waals surface area (Å²) in [7, 11) is 0. The summed E-state index contributed by atoms with van der Waals surface area (Å²) in [6, 6.07) is 5.13. The molecule has 0 saturated heterocycles. The predicted molar refractivity (Wildman–Crippen MR) is 72.8 cm³/mol. The molecule has 0 aromatic carbocycles. The first kappa shape index (κ1) is 13.2. The fourth-order valence-corrected chi connectivity index (χ4v) is 2.04. The molecule has 0 amide bonds. The minimum Gasteiger partial charge on any atom is -0.384 e. The van der Waals surface area contributed by atoms with Crippen molar-refractivity contribution in [3.63, 3.8) is 0 Å². The van der Waals surface area contributed by atoms with E-state index in [1.54, 1.807) is 18.2 Å². The SMILES string of the molecule is Nc1cccc(Cn2cc(Br)c(=O)c([N+](=O)[O-])c2)n1. The predicted octanol–water partition coefficient (Wildman–Crippen LogP) is 1.54. The fraction of sp³-hybridized carbons (Fsp3) is 0.0909. The molecule has 2 heterocycles. The lowest BCUT2D eigenvalue weighted by Crippen LogP contribution is -2.14. The van der Waals surface area contributed by atoms with Crippen LogP contribution in [0, 0.1) is 10.1 Å². The van der Waals surface area contributed by atoms with Gasteiger partial charge in [-0.15, -0.1) is 0 Å². The molecular weight excluding hydrogens is 316 g/mol. The average Bonchev–Trinajstić information content (AvgIpc) is 2.33. The summed E-state index contributed by atoms with van der Waals surface area (Å²) < 4.78 is 1.64. The van der Waals surface area contributed by atoms with E-state index in [2.05, 4.69) is 20.9 Å². The summed E-state index contributed by atoms with van der Waals surface area (Å²) in [5.74, 6) is 0.368. The Balaban J connectivity index is 2.41. The third-order valence-electron chi connectivity index (χ3n) is 2.39.